The molecule has 1 aromatic rings. The summed E-state index contributed by atoms with van der Waals surface area (Å²) < 4.78 is 0. The largest absolute Gasteiger partial charge is 0.0987 e. The minimum Gasteiger partial charge on any atom is -0.0987 e. The van der Waals surface area contributed by atoms with Crippen LogP contribution >= 0.6 is 0 Å². The molecule has 21 heavy (non-hydrogen) atoms. The quantitative estimate of drug-likeness (QED) is 0.531. The van der Waals surface area contributed by atoms with Gasteiger partial charge in [0, 0.05) is 5.41 Å². The fourth-order valence-electron chi connectivity index (χ4n) is 2.38. The Balaban J connectivity index is 3.24. The van der Waals surface area contributed by atoms with Gasteiger partial charge >= 0.3 is 0 Å². The van der Waals surface area contributed by atoms with Crippen LogP contribution < -0.4 is 0 Å². The minimum absolute atomic E-state index is 0.153. The molecule has 0 heterocycles. The van der Waals surface area contributed by atoms with Crippen LogP contribution in [0.15, 0.2) is 85.0 Å². The van der Waals surface area contributed by atoms with E-state index in [1.54, 1.807) is 0 Å². The molecule has 0 nitrogen and oxygen atoms in total. The fourth-order valence-corrected chi connectivity index (χ4v) is 2.38. The van der Waals surface area contributed by atoms with Gasteiger partial charge in [-0.25, -0.2) is 0 Å². The first-order chi connectivity index (χ1) is 9.95. The second-order valence-electron chi connectivity index (χ2n) is 5.64. The van der Waals surface area contributed by atoms with Crippen LogP contribution in [0.3, 0.4) is 0 Å². The molecule has 0 aliphatic heterocycles. The van der Waals surface area contributed by atoms with Crippen LogP contribution in [0.2, 0.25) is 0 Å². The summed E-state index contributed by atoms with van der Waals surface area (Å²) in [7, 11) is 0. The van der Waals surface area contributed by atoms with E-state index in [0.29, 0.717) is 0 Å². The average Bonchev–Trinajstić information content (AvgIpc) is 2.48. The van der Waals surface area contributed by atoms with Crippen molar-refractivity contribution in [3.8, 4) is 0 Å². The van der Waals surface area contributed by atoms with E-state index in [0.717, 1.165) is 5.57 Å². The Hall–Kier alpha value is -2.08. The molecule has 1 rings (SSSR count). The van der Waals surface area contributed by atoms with E-state index in [1.807, 2.05) is 37.3 Å². The Morgan fingerprint density at radius 1 is 1.10 bits per heavy atom. The van der Waals surface area contributed by atoms with Crippen molar-refractivity contribution in [1.29, 1.82) is 0 Å². The van der Waals surface area contributed by atoms with Crippen LogP contribution in [0.4, 0.5) is 0 Å². The van der Waals surface area contributed by atoms with Gasteiger partial charge in [0.05, 0.1) is 0 Å². The van der Waals surface area contributed by atoms with Gasteiger partial charge in [0.2, 0.25) is 0 Å². The van der Waals surface area contributed by atoms with Gasteiger partial charge in [-0.2, -0.15) is 0 Å². The molecule has 0 radical (unpaired) electrons. The van der Waals surface area contributed by atoms with Crippen molar-refractivity contribution in [2.24, 2.45) is 5.41 Å². The highest BCUT2D eigenvalue weighted by molar-refractivity contribution is 5.71. The lowest BCUT2D eigenvalue weighted by molar-refractivity contribution is 0.570. The molecular formula is C21H26. The van der Waals surface area contributed by atoms with Gasteiger partial charge < -0.3 is 0 Å². The third-order valence-corrected chi connectivity index (χ3v) is 3.89. The van der Waals surface area contributed by atoms with Gasteiger partial charge in [0.25, 0.3) is 0 Å². The van der Waals surface area contributed by atoms with Crippen molar-refractivity contribution >= 4 is 5.57 Å². The number of benzene rings is 1. The lowest BCUT2D eigenvalue weighted by Crippen LogP contribution is -2.16. The van der Waals surface area contributed by atoms with E-state index in [9.17, 15) is 0 Å². The molecule has 110 valence electrons. The van der Waals surface area contributed by atoms with Gasteiger partial charge in [-0.15, -0.1) is 0 Å². The van der Waals surface area contributed by atoms with Gasteiger partial charge in [-0.05, 0) is 36.1 Å². The Labute approximate surface area is 129 Å². The monoisotopic (exact) mass is 278 g/mol. The van der Waals surface area contributed by atoms with Gasteiger partial charge in [-0.3, -0.25) is 0 Å². The second-order valence-corrected chi connectivity index (χ2v) is 5.64. The molecule has 0 fully saturated rings. The number of rotatable bonds is 6. The molecule has 0 aromatic heterocycles. The molecule has 0 bridgehead atoms. The molecule has 0 unspecified atom stereocenters. The number of allylic oxidation sites excluding steroid dienone is 8. The normalized spacial score (nSPS) is 13.5. The summed E-state index contributed by atoms with van der Waals surface area (Å²) in [6, 6.07) is 10.4. The summed E-state index contributed by atoms with van der Waals surface area (Å²) in [4.78, 5) is 0. The predicted molar refractivity (Wildman–Crippen MR) is 96.1 cm³/mol. The lowest BCUT2D eigenvalue weighted by Gasteiger charge is -2.29. The Morgan fingerprint density at radius 3 is 2.24 bits per heavy atom. The van der Waals surface area contributed by atoms with E-state index in [1.165, 1.54) is 16.7 Å². The number of hydrogen-bond donors (Lipinski definition) is 0. The van der Waals surface area contributed by atoms with Crippen molar-refractivity contribution in [2.75, 3.05) is 0 Å². The van der Waals surface area contributed by atoms with Crippen molar-refractivity contribution in [1.82, 2.24) is 0 Å². The van der Waals surface area contributed by atoms with Crippen molar-refractivity contribution in [3.63, 3.8) is 0 Å². The molecule has 0 saturated heterocycles. The smallest absolute Gasteiger partial charge is 0.0143 e. The highest BCUT2D eigenvalue weighted by atomic mass is 14.3. The molecule has 0 aliphatic carbocycles. The molecule has 0 spiro atoms. The molecule has 0 saturated carbocycles. The van der Waals surface area contributed by atoms with Gasteiger partial charge in [0.15, 0.2) is 0 Å². The van der Waals surface area contributed by atoms with Crippen molar-refractivity contribution in [2.45, 2.75) is 27.7 Å². The number of hydrogen-bond acceptors (Lipinski definition) is 0. The fraction of sp³-hybridized carbons (Fsp3) is 0.238. The lowest BCUT2D eigenvalue weighted by atomic mass is 9.75. The standard InChI is InChI=1S/C21H26/c1-7-9-11-14-17(3)21(5,6)20(8-2)18(4)19-15-12-10-13-16-19/h7-16H,2-3H2,1,4-6H3/b9-7-,14-11-,20-18+. The van der Waals surface area contributed by atoms with Crippen LogP contribution in [0.1, 0.15) is 33.3 Å². The first kappa shape index (κ1) is 17.0. The first-order valence-corrected chi connectivity index (χ1v) is 7.33. The Bertz CT molecular complexity index is 578. The Morgan fingerprint density at radius 2 is 1.71 bits per heavy atom. The predicted octanol–water partition coefficient (Wildman–Crippen LogP) is 6.36. The second kappa shape index (κ2) is 7.64. The maximum atomic E-state index is 4.24. The van der Waals surface area contributed by atoms with Crippen LogP contribution in [0, 0.1) is 5.41 Å². The molecule has 0 N–H and O–H groups in total. The third-order valence-electron chi connectivity index (χ3n) is 3.89. The van der Waals surface area contributed by atoms with Crippen molar-refractivity contribution < 1.29 is 0 Å². The van der Waals surface area contributed by atoms with E-state index in [2.05, 4.69) is 64.3 Å². The third kappa shape index (κ3) is 4.19. The summed E-state index contributed by atoms with van der Waals surface area (Å²) in [5.74, 6) is 0. The highest BCUT2D eigenvalue weighted by Gasteiger charge is 2.25. The molecule has 0 heteroatoms. The van der Waals surface area contributed by atoms with Crippen LogP contribution in [-0.4, -0.2) is 0 Å². The maximum absolute atomic E-state index is 4.24. The molecular weight excluding hydrogens is 252 g/mol. The zero-order valence-corrected chi connectivity index (χ0v) is 13.7. The minimum atomic E-state index is -0.153. The van der Waals surface area contributed by atoms with E-state index >= 15 is 0 Å². The summed E-state index contributed by atoms with van der Waals surface area (Å²) in [5, 5.41) is 0. The van der Waals surface area contributed by atoms with Crippen LogP contribution in [0.5, 0.6) is 0 Å². The highest BCUT2D eigenvalue weighted by Crippen LogP contribution is 2.39. The average molecular weight is 278 g/mol. The first-order valence-electron chi connectivity index (χ1n) is 7.33. The van der Waals surface area contributed by atoms with E-state index < -0.39 is 0 Å². The molecule has 0 atom stereocenters. The zero-order chi connectivity index (χ0) is 15.9. The summed E-state index contributed by atoms with van der Waals surface area (Å²) >= 11 is 0. The van der Waals surface area contributed by atoms with E-state index in [-0.39, 0.29) is 5.41 Å². The van der Waals surface area contributed by atoms with Crippen LogP contribution in [0.25, 0.3) is 5.57 Å². The van der Waals surface area contributed by atoms with Crippen LogP contribution in [-0.2, 0) is 0 Å². The maximum Gasteiger partial charge on any atom is 0.0143 e. The van der Waals surface area contributed by atoms with Gasteiger partial charge in [-0.1, -0.05) is 87.7 Å². The summed E-state index contributed by atoms with van der Waals surface area (Å²) in [6.45, 7) is 16.8. The SMILES string of the molecule is C=C/C(=C(/C)c1ccccc1)C(C)(C)C(=C)/C=C\C=C/C. The summed E-state index contributed by atoms with van der Waals surface area (Å²) in [6.07, 6.45) is 10.1. The zero-order valence-electron chi connectivity index (χ0n) is 13.7. The molecule has 0 amide bonds. The van der Waals surface area contributed by atoms with Crippen molar-refractivity contribution in [3.05, 3.63) is 90.6 Å². The topological polar surface area (TPSA) is 0 Å². The van der Waals surface area contributed by atoms with Gasteiger partial charge in [0.1, 0.15) is 0 Å². The molecule has 1 aromatic carbocycles. The Kier molecular flexibility index (Phi) is 6.17. The van der Waals surface area contributed by atoms with E-state index in [4.69, 9.17) is 0 Å². The summed E-state index contributed by atoms with van der Waals surface area (Å²) in [5.41, 5.74) is 4.61. The molecule has 0 aliphatic rings.